The van der Waals surface area contributed by atoms with Gasteiger partial charge < -0.3 is 20.1 Å². The fourth-order valence-corrected chi connectivity index (χ4v) is 2.08. The van der Waals surface area contributed by atoms with E-state index in [9.17, 15) is 9.90 Å². The van der Waals surface area contributed by atoms with Crippen LogP contribution in [0.5, 0.6) is 11.5 Å². The molecule has 0 amide bonds. The number of benzene rings is 1. The van der Waals surface area contributed by atoms with E-state index in [1.54, 1.807) is 18.2 Å². The third-order valence-corrected chi connectivity index (χ3v) is 2.87. The highest BCUT2D eigenvalue weighted by Gasteiger charge is 2.16. The fraction of sp³-hybridized carbons (Fsp3) is 0.308. The second-order valence-electron chi connectivity index (χ2n) is 4.12. The van der Waals surface area contributed by atoms with Gasteiger partial charge in [0, 0.05) is 17.6 Å². The van der Waals surface area contributed by atoms with Crippen LogP contribution in [0, 0.1) is 0 Å². The fourth-order valence-electron chi connectivity index (χ4n) is 2.08. The third kappa shape index (κ3) is 1.77. The van der Waals surface area contributed by atoms with Crippen LogP contribution in [-0.4, -0.2) is 16.8 Å². The van der Waals surface area contributed by atoms with Gasteiger partial charge in [-0.3, -0.25) is 4.79 Å². The zero-order chi connectivity index (χ0) is 13.3. The Bertz CT molecular complexity index is 647. The molecule has 5 heteroatoms. The van der Waals surface area contributed by atoms with Crippen LogP contribution in [0.2, 0.25) is 0 Å². The summed E-state index contributed by atoms with van der Waals surface area (Å²) >= 11 is 0. The van der Waals surface area contributed by atoms with E-state index in [1.165, 1.54) is 11.7 Å². The summed E-state index contributed by atoms with van der Waals surface area (Å²) in [5, 5.41) is 10.6. The molecule has 0 radical (unpaired) electrons. The van der Waals surface area contributed by atoms with Gasteiger partial charge in [-0.2, -0.15) is 0 Å². The van der Waals surface area contributed by atoms with Gasteiger partial charge in [-0.1, -0.05) is 6.92 Å². The van der Waals surface area contributed by atoms with Gasteiger partial charge in [0.15, 0.2) is 5.75 Å². The molecule has 0 fully saturated rings. The van der Waals surface area contributed by atoms with Gasteiger partial charge in [0.05, 0.1) is 12.6 Å². The van der Waals surface area contributed by atoms with Crippen molar-refractivity contribution in [1.82, 2.24) is 4.57 Å². The molecule has 1 aromatic carbocycles. The Labute approximate surface area is 104 Å². The van der Waals surface area contributed by atoms with Crippen molar-refractivity contribution in [2.45, 2.75) is 19.9 Å². The molecular weight excluding hydrogens is 232 g/mol. The van der Waals surface area contributed by atoms with Crippen LogP contribution in [0.4, 0.5) is 5.69 Å². The predicted octanol–water partition coefficient (Wildman–Crippen LogP) is 1.71. The average molecular weight is 248 g/mol. The topological polar surface area (TPSA) is 77.5 Å². The lowest BCUT2D eigenvalue weighted by atomic mass is 10.1. The minimum atomic E-state index is -0.452. The molecule has 0 aliphatic carbocycles. The third-order valence-electron chi connectivity index (χ3n) is 2.87. The van der Waals surface area contributed by atoms with Crippen molar-refractivity contribution in [3.63, 3.8) is 0 Å². The number of aromatic nitrogens is 1. The minimum absolute atomic E-state index is 0.197. The van der Waals surface area contributed by atoms with Crippen molar-refractivity contribution >= 4 is 16.6 Å². The molecule has 0 atom stereocenters. The quantitative estimate of drug-likeness (QED) is 0.810. The number of hydrogen-bond donors (Lipinski definition) is 2. The number of rotatable bonds is 3. The van der Waals surface area contributed by atoms with Crippen LogP contribution >= 0.6 is 0 Å². The molecule has 3 N–H and O–H groups in total. The molecule has 0 aliphatic heterocycles. The normalized spacial score (nSPS) is 10.8. The first-order chi connectivity index (χ1) is 8.60. The second kappa shape index (κ2) is 4.60. The Kier molecular flexibility index (Phi) is 3.14. The van der Waals surface area contributed by atoms with Crippen molar-refractivity contribution in [2.75, 3.05) is 12.8 Å². The number of nitrogen functional groups attached to an aromatic ring is 1. The summed E-state index contributed by atoms with van der Waals surface area (Å²) in [6, 6.07) is 5.17. The number of nitrogens with two attached hydrogens (primary N) is 1. The number of nitrogens with zero attached hydrogens (tertiary/aromatic N) is 1. The van der Waals surface area contributed by atoms with E-state index in [-0.39, 0.29) is 11.5 Å². The Balaban J connectivity index is 2.94. The zero-order valence-corrected chi connectivity index (χ0v) is 10.4. The lowest BCUT2D eigenvalue weighted by Gasteiger charge is -2.14. The SMILES string of the molecule is CCCn1c(=O)c(O)c(OC)c2ccc(N)cc21. The van der Waals surface area contributed by atoms with E-state index < -0.39 is 5.56 Å². The van der Waals surface area contributed by atoms with E-state index in [1.807, 2.05) is 6.92 Å². The van der Waals surface area contributed by atoms with E-state index in [0.717, 1.165) is 6.42 Å². The molecule has 96 valence electrons. The monoisotopic (exact) mass is 248 g/mol. The van der Waals surface area contributed by atoms with Gasteiger partial charge in [0.25, 0.3) is 5.56 Å². The van der Waals surface area contributed by atoms with E-state index in [2.05, 4.69) is 0 Å². The maximum Gasteiger partial charge on any atom is 0.297 e. The molecule has 1 heterocycles. The molecular formula is C13H16N2O3. The summed E-state index contributed by atoms with van der Waals surface area (Å²) in [5.74, 6) is -0.162. The highest BCUT2D eigenvalue weighted by atomic mass is 16.5. The minimum Gasteiger partial charge on any atom is -0.500 e. The first-order valence-electron chi connectivity index (χ1n) is 5.79. The Morgan fingerprint density at radius 2 is 2.17 bits per heavy atom. The molecule has 0 bridgehead atoms. The van der Waals surface area contributed by atoms with Crippen LogP contribution in [0.3, 0.4) is 0 Å². The van der Waals surface area contributed by atoms with Crippen molar-refractivity contribution in [3.05, 3.63) is 28.6 Å². The van der Waals surface area contributed by atoms with Gasteiger partial charge in [-0.05, 0) is 24.6 Å². The molecule has 0 aliphatic rings. The molecule has 0 unspecified atom stereocenters. The number of ether oxygens (including phenoxy) is 1. The second-order valence-corrected chi connectivity index (χ2v) is 4.12. The number of aryl methyl sites for hydroxylation is 1. The summed E-state index contributed by atoms with van der Waals surface area (Å²) in [5.41, 5.74) is 6.54. The number of hydrogen-bond acceptors (Lipinski definition) is 4. The van der Waals surface area contributed by atoms with Crippen molar-refractivity contribution in [2.24, 2.45) is 0 Å². The van der Waals surface area contributed by atoms with E-state index in [4.69, 9.17) is 10.5 Å². The largest absolute Gasteiger partial charge is 0.500 e. The van der Waals surface area contributed by atoms with Gasteiger partial charge in [0.1, 0.15) is 0 Å². The number of pyridine rings is 1. The summed E-state index contributed by atoms with van der Waals surface area (Å²) in [6.07, 6.45) is 0.787. The summed E-state index contributed by atoms with van der Waals surface area (Å²) in [6.45, 7) is 2.49. The standard InChI is InChI=1S/C13H16N2O3/c1-3-6-15-10-7-8(14)4-5-9(10)12(18-2)11(16)13(15)17/h4-5,7,16H,3,6,14H2,1-2H3. The molecule has 2 rings (SSSR count). The molecule has 1 aromatic heterocycles. The highest BCUT2D eigenvalue weighted by Crippen LogP contribution is 2.32. The van der Waals surface area contributed by atoms with Crippen LogP contribution < -0.4 is 16.0 Å². The van der Waals surface area contributed by atoms with Gasteiger partial charge in [-0.15, -0.1) is 0 Å². The van der Waals surface area contributed by atoms with Crippen molar-refractivity contribution in [1.29, 1.82) is 0 Å². The Morgan fingerprint density at radius 3 is 2.78 bits per heavy atom. The molecule has 0 saturated carbocycles. The van der Waals surface area contributed by atoms with Crippen LogP contribution in [0.15, 0.2) is 23.0 Å². The Hall–Kier alpha value is -2.17. The first kappa shape index (κ1) is 12.3. The van der Waals surface area contributed by atoms with Crippen LogP contribution in [0.1, 0.15) is 13.3 Å². The van der Waals surface area contributed by atoms with Gasteiger partial charge in [0.2, 0.25) is 5.75 Å². The number of aromatic hydroxyl groups is 1. The first-order valence-corrected chi connectivity index (χ1v) is 5.79. The number of anilines is 1. The van der Waals surface area contributed by atoms with Crippen LogP contribution in [0.25, 0.3) is 10.9 Å². The van der Waals surface area contributed by atoms with Crippen molar-refractivity contribution in [3.8, 4) is 11.5 Å². The van der Waals surface area contributed by atoms with Crippen molar-refractivity contribution < 1.29 is 9.84 Å². The van der Waals surface area contributed by atoms with E-state index >= 15 is 0 Å². The molecule has 5 nitrogen and oxygen atoms in total. The summed E-state index contributed by atoms with van der Waals surface area (Å²) in [4.78, 5) is 12.1. The van der Waals surface area contributed by atoms with Crippen LogP contribution in [-0.2, 0) is 6.54 Å². The lowest BCUT2D eigenvalue weighted by Crippen LogP contribution is -2.20. The van der Waals surface area contributed by atoms with Gasteiger partial charge >= 0.3 is 0 Å². The molecule has 0 saturated heterocycles. The Morgan fingerprint density at radius 1 is 1.44 bits per heavy atom. The average Bonchev–Trinajstić information content (AvgIpc) is 2.36. The molecule has 18 heavy (non-hydrogen) atoms. The smallest absolute Gasteiger partial charge is 0.297 e. The molecule has 2 aromatic rings. The predicted molar refractivity (Wildman–Crippen MR) is 71.1 cm³/mol. The lowest BCUT2D eigenvalue weighted by molar-refractivity contribution is 0.370. The molecule has 0 spiro atoms. The zero-order valence-electron chi connectivity index (χ0n) is 10.4. The highest BCUT2D eigenvalue weighted by molar-refractivity contribution is 5.89. The number of fused-ring (bicyclic) bond motifs is 1. The summed E-state index contributed by atoms with van der Waals surface area (Å²) < 4.78 is 6.63. The van der Waals surface area contributed by atoms with Gasteiger partial charge in [-0.25, -0.2) is 0 Å². The van der Waals surface area contributed by atoms with E-state index in [0.29, 0.717) is 23.1 Å². The summed E-state index contributed by atoms with van der Waals surface area (Å²) in [7, 11) is 1.43. The maximum absolute atomic E-state index is 12.1. The maximum atomic E-state index is 12.1. The number of methoxy groups -OCH3 is 1.